The molecule has 0 saturated heterocycles. The molecule has 1 N–H and O–H groups in total. The molecule has 1 aliphatic rings. The van der Waals surface area contributed by atoms with E-state index in [9.17, 15) is 18.0 Å². The average molecular weight is 426 g/mol. The third-order valence-corrected chi connectivity index (χ3v) is 6.83. The maximum absolute atomic E-state index is 12.7. The molecule has 2 rings (SSSR count). The number of carboxylic acids is 1. The van der Waals surface area contributed by atoms with Crippen LogP contribution in [0.3, 0.4) is 0 Å². The lowest BCUT2D eigenvalue weighted by Gasteiger charge is -2.20. The fourth-order valence-electron chi connectivity index (χ4n) is 2.55. The van der Waals surface area contributed by atoms with Gasteiger partial charge in [-0.2, -0.15) is 4.31 Å². The van der Waals surface area contributed by atoms with Crippen molar-refractivity contribution in [2.45, 2.75) is 31.3 Å². The number of benzene rings is 1. The van der Waals surface area contributed by atoms with E-state index in [4.69, 9.17) is 33.0 Å². The molecular formula is C15H17Cl2NO7S. The number of hydrogen-bond donors (Lipinski definition) is 1. The van der Waals surface area contributed by atoms with Crippen molar-refractivity contribution in [2.24, 2.45) is 0 Å². The quantitative estimate of drug-likeness (QED) is 0.664. The number of fused-ring (bicyclic) bond motifs is 1. The van der Waals surface area contributed by atoms with Crippen molar-refractivity contribution in [1.29, 1.82) is 0 Å². The molecule has 0 spiro atoms. The zero-order valence-electron chi connectivity index (χ0n) is 14.0. The van der Waals surface area contributed by atoms with Gasteiger partial charge in [-0.1, -0.05) is 37.0 Å². The molecule has 0 amide bonds. The van der Waals surface area contributed by atoms with Gasteiger partial charge >= 0.3 is 11.9 Å². The number of carboxylic acid groups (broad SMARTS) is 1. The van der Waals surface area contributed by atoms with Gasteiger partial charge in [-0.25, -0.2) is 18.0 Å². The molecule has 1 aliphatic heterocycles. The number of aliphatic carboxylic acids is 1. The van der Waals surface area contributed by atoms with E-state index in [1.54, 1.807) is 13.8 Å². The smallest absolute Gasteiger partial charge is 0.348 e. The third-order valence-electron chi connectivity index (χ3n) is 3.79. The number of hydrogen-bond acceptors (Lipinski definition) is 6. The Hall–Kier alpha value is -1.55. The highest BCUT2D eigenvalue weighted by Gasteiger charge is 2.36. The standard InChI is InChI=1S/C15H17Cl2NO7S/c1-3-18(4-2)26(22,23)10-6-8-5-9(15(21)24-7-11(19)20)25-14(8)13(17)12(10)16/h6,9H,3-5,7H2,1-2H3,(H,19,20). The zero-order chi connectivity index (χ0) is 19.6. The summed E-state index contributed by atoms with van der Waals surface area (Å²) >= 11 is 12.3. The number of nitrogens with zero attached hydrogens (tertiary/aromatic N) is 1. The van der Waals surface area contributed by atoms with Gasteiger partial charge in [-0.05, 0) is 6.07 Å². The lowest BCUT2D eigenvalue weighted by atomic mass is 10.1. The first-order valence-corrected chi connectivity index (χ1v) is 9.89. The highest BCUT2D eigenvalue weighted by atomic mass is 35.5. The highest BCUT2D eigenvalue weighted by Crippen LogP contribution is 2.44. The molecule has 0 radical (unpaired) electrons. The second-order valence-corrected chi connectivity index (χ2v) is 8.05. The number of carbonyl (C=O) groups is 2. The predicted molar refractivity (Wildman–Crippen MR) is 93.3 cm³/mol. The summed E-state index contributed by atoms with van der Waals surface area (Å²) in [7, 11) is -3.87. The summed E-state index contributed by atoms with van der Waals surface area (Å²) in [6.07, 6.45) is -1.13. The Balaban J connectivity index is 2.36. The van der Waals surface area contributed by atoms with Crippen molar-refractivity contribution in [3.63, 3.8) is 0 Å². The fourth-order valence-corrected chi connectivity index (χ4v) is 4.88. The Kier molecular flexibility index (Phi) is 6.38. The lowest BCUT2D eigenvalue weighted by molar-refractivity contribution is -0.159. The summed E-state index contributed by atoms with van der Waals surface area (Å²) in [5.74, 6) is -2.10. The van der Waals surface area contributed by atoms with Crippen LogP contribution in [0, 0.1) is 0 Å². The number of halogens is 2. The Morgan fingerprint density at radius 1 is 1.31 bits per heavy atom. The zero-order valence-corrected chi connectivity index (χ0v) is 16.3. The summed E-state index contributed by atoms with van der Waals surface area (Å²) in [4.78, 5) is 22.2. The van der Waals surface area contributed by atoms with Gasteiger partial charge in [0.05, 0.1) is 5.02 Å². The molecule has 11 heteroatoms. The van der Waals surface area contributed by atoms with Gasteiger partial charge in [-0.15, -0.1) is 0 Å². The van der Waals surface area contributed by atoms with Crippen LogP contribution in [0.5, 0.6) is 5.75 Å². The predicted octanol–water partition coefficient (Wildman–Crippen LogP) is 1.96. The van der Waals surface area contributed by atoms with Gasteiger partial charge in [0, 0.05) is 25.1 Å². The molecule has 1 aromatic rings. The van der Waals surface area contributed by atoms with Crippen LogP contribution in [0.15, 0.2) is 11.0 Å². The van der Waals surface area contributed by atoms with E-state index in [2.05, 4.69) is 4.74 Å². The first-order chi connectivity index (χ1) is 12.1. The number of sulfonamides is 1. The molecule has 1 aromatic carbocycles. The number of carbonyl (C=O) groups excluding carboxylic acids is 1. The van der Waals surface area contributed by atoms with Crippen LogP contribution in [0.4, 0.5) is 0 Å². The largest absolute Gasteiger partial charge is 0.479 e. The SMILES string of the molecule is CCN(CC)S(=O)(=O)c1cc2c(c(Cl)c1Cl)OC(C(=O)OCC(=O)O)C2. The van der Waals surface area contributed by atoms with Gasteiger partial charge in [0.1, 0.15) is 15.7 Å². The maximum Gasteiger partial charge on any atom is 0.348 e. The van der Waals surface area contributed by atoms with Crippen LogP contribution in [0.2, 0.25) is 10.0 Å². The first kappa shape index (κ1) is 20.8. The first-order valence-electron chi connectivity index (χ1n) is 7.69. The molecule has 1 unspecified atom stereocenters. The molecule has 144 valence electrons. The monoisotopic (exact) mass is 425 g/mol. The van der Waals surface area contributed by atoms with E-state index in [1.165, 1.54) is 10.4 Å². The summed E-state index contributed by atoms with van der Waals surface area (Å²) in [6.45, 7) is 3.10. The second kappa shape index (κ2) is 7.99. The molecule has 0 aromatic heterocycles. The number of rotatable bonds is 7. The fraction of sp³-hybridized carbons (Fsp3) is 0.467. The topological polar surface area (TPSA) is 110 Å². The Morgan fingerprint density at radius 3 is 2.46 bits per heavy atom. The summed E-state index contributed by atoms with van der Waals surface area (Å²) in [6, 6.07) is 1.32. The molecule has 1 atom stereocenters. The Morgan fingerprint density at radius 2 is 1.92 bits per heavy atom. The minimum atomic E-state index is -3.87. The molecule has 0 fully saturated rings. The van der Waals surface area contributed by atoms with Crippen molar-refractivity contribution in [1.82, 2.24) is 4.31 Å². The molecule has 8 nitrogen and oxygen atoms in total. The maximum atomic E-state index is 12.7. The van der Waals surface area contributed by atoms with E-state index >= 15 is 0 Å². The molecule has 1 heterocycles. The summed E-state index contributed by atoms with van der Waals surface area (Å²) in [5, 5.41) is 8.24. The van der Waals surface area contributed by atoms with Gasteiger partial charge in [0.15, 0.2) is 12.7 Å². The Bertz CT molecular complexity index is 837. The van der Waals surface area contributed by atoms with Crippen LogP contribution < -0.4 is 4.74 Å². The van der Waals surface area contributed by atoms with Crippen molar-refractivity contribution < 1.29 is 32.6 Å². The molecule has 0 bridgehead atoms. The van der Waals surface area contributed by atoms with Gasteiger partial charge < -0.3 is 14.6 Å². The number of esters is 1. The lowest BCUT2D eigenvalue weighted by Crippen LogP contribution is -2.31. The third kappa shape index (κ3) is 3.90. The molecular weight excluding hydrogens is 409 g/mol. The van der Waals surface area contributed by atoms with E-state index in [1.807, 2.05) is 0 Å². The van der Waals surface area contributed by atoms with Gasteiger partial charge in [0.25, 0.3) is 0 Å². The van der Waals surface area contributed by atoms with E-state index in [0.717, 1.165) is 0 Å². The molecule has 0 saturated carbocycles. The Labute approximate surface area is 160 Å². The van der Waals surface area contributed by atoms with Crippen LogP contribution in [0.1, 0.15) is 19.4 Å². The van der Waals surface area contributed by atoms with E-state index in [0.29, 0.717) is 5.56 Å². The minimum absolute atomic E-state index is 0.00849. The van der Waals surface area contributed by atoms with E-state index < -0.39 is 34.7 Å². The summed E-state index contributed by atoms with van der Waals surface area (Å²) < 4.78 is 36.7. The molecule has 0 aliphatic carbocycles. The van der Waals surface area contributed by atoms with Crippen molar-refractivity contribution in [3.05, 3.63) is 21.7 Å². The van der Waals surface area contributed by atoms with Crippen LogP contribution >= 0.6 is 23.2 Å². The van der Waals surface area contributed by atoms with Crippen LogP contribution in [-0.2, 0) is 30.8 Å². The minimum Gasteiger partial charge on any atom is -0.479 e. The highest BCUT2D eigenvalue weighted by molar-refractivity contribution is 7.89. The number of ether oxygens (including phenoxy) is 2. The van der Waals surface area contributed by atoms with Crippen molar-refractivity contribution >= 4 is 45.2 Å². The normalized spacial score (nSPS) is 16.3. The van der Waals surface area contributed by atoms with Crippen LogP contribution in [0.25, 0.3) is 0 Å². The van der Waals surface area contributed by atoms with Crippen molar-refractivity contribution in [2.75, 3.05) is 19.7 Å². The van der Waals surface area contributed by atoms with Crippen molar-refractivity contribution in [3.8, 4) is 5.75 Å². The van der Waals surface area contributed by atoms with Gasteiger partial charge in [-0.3, -0.25) is 0 Å². The average Bonchev–Trinajstić information content (AvgIpc) is 3.01. The van der Waals surface area contributed by atoms with Crippen LogP contribution in [-0.4, -0.2) is 55.6 Å². The van der Waals surface area contributed by atoms with Gasteiger partial charge in [0.2, 0.25) is 10.0 Å². The molecule has 26 heavy (non-hydrogen) atoms. The van der Waals surface area contributed by atoms with E-state index in [-0.39, 0.29) is 40.2 Å². The second-order valence-electron chi connectivity index (χ2n) is 5.39. The summed E-state index contributed by atoms with van der Waals surface area (Å²) in [5.41, 5.74) is 0.377.